The molecule has 0 aliphatic heterocycles. The number of benzene rings is 3. The van der Waals surface area contributed by atoms with Crippen molar-refractivity contribution in [3.8, 4) is 54.3 Å². The number of aliphatic carboxylic acids is 1. The van der Waals surface area contributed by atoms with Gasteiger partial charge in [0, 0.05) is 88.1 Å². The van der Waals surface area contributed by atoms with Crippen LogP contribution in [0.25, 0.3) is 0 Å². The number of unbranched alkanes of at least 4 members (excludes halogenated alkanes) is 11. The number of rotatable bonds is 52. The first kappa shape index (κ1) is 75.6. The molecule has 0 spiro atoms. The van der Waals surface area contributed by atoms with Crippen LogP contribution >= 0.6 is 0 Å². The molecule has 0 aliphatic rings. The molecule has 3 aromatic rings. The summed E-state index contributed by atoms with van der Waals surface area (Å²) in [5.41, 5.74) is -0.00762. The van der Waals surface area contributed by atoms with Crippen LogP contribution in [-0.2, 0) is 38.2 Å². The molecule has 0 unspecified atom stereocenters. The second kappa shape index (κ2) is 48.3. The number of amides is 7. The Balaban J connectivity index is 1.57. The number of carbonyl (C=O) groups is 8. The summed E-state index contributed by atoms with van der Waals surface area (Å²) in [7, 11) is 0. The van der Waals surface area contributed by atoms with E-state index in [0.29, 0.717) is 125 Å². The van der Waals surface area contributed by atoms with Gasteiger partial charge in [-0.2, -0.15) is 0 Å². The Hall–Kier alpha value is -8.62. The summed E-state index contributed by atoms with van der Waals surface area (Å²) in [5, 5.41) is 29.2. The van der Waals surface area contributed by atoms with Gasteiger partial charge in [0.2, 0.25) is 23.6 Å². The Labute approximate surface area is 530 Å². The van der Waals surface area contributed by atoms with Crippen molar-refractivity contribution < 1.29 is 71.9 Å². The van der Waals surface area contributed by atoms with Crippen LogP contribution in [0.1, 0.15) is 159 Å². The lowest BCUT2D eigenvalue weighted by Crippen LogP contribution is -2.58. The highest BCUT2D eigenvalue weighted by atomic mass is 16.5. The second-order valence-corrected chi connectivity index (χ2v) is 21.3. The van der Waals surface area contributed by atoms with E-state index in [9.17, 15) is 38.4 Å². The highest BCUT2D eigenvalue weighted by molar-refractivity contribution is 5.95. The average Bonchev–Trinajstić information content (AvgIpc) is 2.04. The number of nitrogens with one attached hydrogen (secondary N) is 7. The summed E-state index contributed by atoms with van der Waals surface area (Å²) in [6.45, 7) is 2.01. The first-order valence-corrected chi connectivity index (χ1v) is 31.2. The van der Waals surface area contributed by atoms with Crippen LogP contribution in [0.5, 0.6) is 17.2 Å². The molecule has 3 aromatic carbocycles. The Morgan fingerprint density at radius 2 is 0.678 bits per heavy atom. The molecule has 22 heteroatoms. The number of ether oxygens (including phenoxy) is 6. The van der Waals surface area contributed by atoms with Gasteiger partial charge < -0.3 is 70.7 Å². The van der Waals surface area contributed by atoms with Crippen molar-refractivity contribution >= 4 is 47.3 Å². The van der Waals surface area contributed by atoms with E-state index < -0.39 is 11.5 Å². The van der Waals surface area contributed by atoms with Crippen molar-refractivity contribution in [1.82, 2.24) is 37.2 Å². The number of terminal acetylenes is 3. The first-order valence-electron chi connectivity index (χ1n) is 31.2. The van der Waals surface area contributed by atoms with Gasteiger partial charge in [-0.3, -0.25) is 38.4 Å². The highest BCUT2D eigenvalue weighted by Crippen LogP contribution is 2.18. The summed E-state index contributed by atoms with van der Waals surface area (Å²) in [6.07, 6.45) is 27.7. The van der Waals surface area contributed by atoms with Crippen molar-refractivity contribution in [2.24, 2.45) is 0 Å². The van der Waals surface area contributed by atoms with E-state index in [1.54, 1.807) is 72.8 Å². The maximum absolute atomic E-state index is 13.8. The van der Waals surface area contributed by atoms with E-state index in [1.807, 2.05) is 0 Å². The quantitative estimate of drug-likeness (QED) is 0.0223. The van der Waals surface area contributed by atoms with Crippen LogP contribution in [0, 0.1) is 37.0 Å². The lowest BCUT2D eigenvalue weighted by atomic mass is 10.0. The van der Waals surface area contributed by atoms with Gasteiger partial charge in [-0.15, -0.1) is 19.3 Å². The summed E-state index contributed by atoms with van der Waals surface area (Å²) < 4.78 is 34.6. The minimum absolute atomic E-state index is 0.00396. The second-order valence-electron chi connectivity index (χ2n) is 21.3. The minimum Gasteiger partial charge on any atom is -0.481 e. The third-order valence-electron chi connectivity index (χ3n) is 13.6. The van der Waals surface area contributed by atoms with Gasteiger partial charge in [0.1, 0.15) is 42.6 Å². The van der Waals surface area contributed by atoms with Crippen LogP contribution in [-0.4, -0.2) is 157 Å². The number of carbonyl (C=O) groups excluding carboxylic acids is 7. The Morgan fingerprint density at radius 3 is 0.989 bits per heavy atom. The molecule has 490 valence electrons. The molecule has 0 atom stereocenters. The number of carboxylic acids is 1. The summed E-state index contributed by atoms with van der Waals surface area (Å²) in [4.78, 5) is 102. The number of hydrogen-bond acceptors (Lipinski definition) is 14. The molecular formula is C68H93N7O15. The van der Waals surface area contributed by atoms with Gasteiger partial charge >= 0.3 is 5.97 Å². The van der Waals surface area contributed by atoms with Crippen LogP contribution < -0.4 is 51.4 Å². The van der Waals surface area contributed by atoms with Gasteiger partial charge in [-0.05, 0) is 106 Å². The van der Waals surface area contributed by atoms with Gasteiger partial charge in [0.15, 0.2) is 0 Å². The molecule has 0 aromatic heterocycles. The highest BCUT2D eigenvalue weighted by Gasteiger charge is 2.34. The fourth-order valence-corrected chi connectivity index (χ4v) is 8.85. The largest absolute Gasteiger partial charge is 0.481 e. The fraction of sp³-hybridized carbons (Fsp3) is 0.529. The molecule has 0 aliphatic carbocycles. The molecule has 0 saturated carbocycles. The zero-order valence-electron chi connectivity index (χ0n) is 52.1. The number of hydrogen-bond donors (Lipinski definition) is 8. The zero-order chi connectivity index (χ0) is 65.1. The van der Waals surface area contributed by atoms with Crippen molar-refractivity contribution in [2.75, 3.05) is 98.7 Å². The molecule has 0 bridgehead atoms. The van der Waals surface area contributed by atoms with E-state index in [1.165, 1.54) is 0 Å². The third-order valence-corrected chi connectivity index (χ3v) is 13.6. The Kier molecular flexibility index (Phi) is 40.6. The topological polar surface area (TPSA) is 296 Å². The SMILES string of the molecule is C#CCOc1cccc(C(=O)NCCCCNC(=O)CCOCC(COCCC(=O)NCCCCNC(=O)c2cccc(OCC#C)c2)(COCCC(=O)NCCCCNC(=O)c2cccc(OCC#C)c2)NC(=O)CCCCCCCCCCCC(=O)O)c1. The molecule has 7 amide bonds. The molecule has 0 saturated heterocycles. The molecular weight excluding hydrogens is 1150 g/mol. The van der Waals surface area contributed by atoms with E-state index in [-0.39, 0.29) is 133 Å². The molecule has 0 radical (unpaired) electrons. The van der Waals surface area contributed by atoms with Crippen LogP contribution in [0.3, 0.4) is 0 Å². The predicted molar refractivity (Wildman–Crippen MR) is 342 cm³/mol. The van der Waals surface area contributed by atoms with E-state index in [0.717, 1.165) is 44.9 Å². The van der Waals surface area contributed by atoms with Gasteiger partial charge in [-0.1, -0.05) is 80.9 Å². The maximum Gasteiger partial charge on any atom is 0.303 e. The first-order chi connectivity index (χ1) is 43.8. The van der Waals surface area contributed by atoms with Crippen molar-refractivity contribution in [3.63, 3.8) is 0 Å². The molecule has 0 heterocycles. The lowest BCUT2D eigenvalue weighted by molar-refractivity contribution is -0.137. The van der Waals surface area contributed by atoms with E-state index in [4.69, 9.17) is 52.8 Å². The minimum atomic E-state index is -1.30. The molecule has 3 rings (SSSR count). The van der Waals surface area contributed by atoms with E-state index >= 15 is 0 Å². The smallest absolute Gasteiger partial charge is 0.303 e. The molecule has 22 nitrogen and oxygen atoms in total. The van der Waals surface area contributed by atoms with Crippen molar-refractivity contribution in [2.45, 2.75) is 134 Å². The standard InChI is InChI=1S/C68H93N7O15/c1-4-42-88-57-28-22-25-54(48-57)65(82)72-39-19-16-36-69-60(76)33-45-85-51-68(75-63(79)31-14-12-10-8-7-9-11-13-15-32-64(80)81,52-86-46-34-61(77)70-37-17-20-40-73-66(83)55-26-23-29-58(49-55)89-43-5-2)53-87-47-35-62(78)71-38-18-21-41-74-67(84)56-27-24-30-59(50-56)90-44-6-3/h1-3,22-30,48-50H,7-21,31-47,51-53H2,(H,69,76)(H,70,77)(H,71,78)(H,72,82)(H,73,83)(H,74,84)(H,75,79)(H,80,81). The van der Waals surface area contributed by atoms with Gasteiger partial charge in [0.25, 0.3) is 17.7 Å². The van der Waals surface area contributed by atoms with Crippen LogP contribution in [0.4, 0.5) is 0 Å². The normalized spacial score (nSPS) is 10.7. The zero-order valence-corrected chi connectivity index (χ0v) is 52.1. The van der Waals surface area contributed by atoms with Crippen LogP contribution in [0.15, 0.2) is 72.8 Å². The van der Waals surface area contributed by atoms with Gasteiger partial charge in [0.05, 0.1) is 39.6 Å². The number of carboxylic acid groups (broad SMARTS) is 1. The summed E-state index contributed by atoms with van der Waals surface area (Å²) >= 11 is 0. The molecule has 90 heavy (non-hydrogen) atoms. The summed E-state index contributed by atoms with van der Waals surface area (Å²) in [5.74, 6) is 5.98. The molecule has 8 N–H and O–H groups in total. The Morgan fingerprint density at radius 1 is 0.378 bits per heavy atom. The lowest BCUT2D eigenvalue weighted by Gasteiger charge is -2.34. The summed E-state index contributed by atoms with van der Waals surface area (Å²) in [6, 6.07) is 20.1. The van der Waals surface area contributed by atoms with Gasteiger partial charge in [-0.25, -0.2) is 0 Å². The molecule has 0 fully saturated rings. The van der Waals surface area contributed by atoms with Crippen molar-refractivity contribution in [3.05, 3.63) is 89.5 Å². The van der Waals surface area contributed by atoms with Crippen molar-refractivity contribution in [1.29, 1.82) is 0 Å². The third kappa shape index (κ3) is 36.6. The maximum atomic E-state index is 13.8. The predicted octanol–water partition coefficient (Wildman–Crippen LogP) is 6.45. The monoisotopic (exact) mass is 1250 g/mol. The van der Waals surface area contributed by atoms with E-state index in [2.05, 4.69) is 55.0 Å². The van der Waals surface area contributed by atoms with Crippen LogP contribution in [0.2, 0.25) is 0 Å². The average molecular weight is 1250 g/mol. The Bertz CT molecular complexity index is 2520. The fourth-order valence-electron chi connectivity index (χ4n) is 8.85.